The summed E-state index contributed by atoms with van der Waals surface area (Å²) >= 11 is 1.01. The summed E-state index contributed by atoms with van der Waals surface area (Å²) in [6, 6.07) is 4.61. The minimum Gasteiger partial charge on any atom is -0.477 e. The van der Waals surface area contributed by atoms with Gasteiger partial charge in [-0.3, -0.25) is 4.79 Å². The fraction of sp³-hybridized carbons (Fsp3) is 0.0909. The van der Waals surface area contributed by atoms with Gasteiger partial charge in [0.25, 0.3) is 5.91 Å². The van der Waals surface area contributed by atoms with Gasteiger partial charge < -0.3 is 14.8 Å². The molecule has 0 fully saturated rings. The average Bonchev–Trinajstić information content (AvgIpc) is 2.86. The third-order valence-corrected chi connectivity index (χ3v) is 3.03. The van der Waals surface area contributed by atoms with E-state index in [0.717, 1.165) is 11.3 Å². The number of hydrogen-bond acceptors (Lipinski definition) is 4. The van der Waals surface area contributed by atoms with Crippen molar-refractivity contribution in [1.29, 1.82) is 0 Å². The number of aromatic carboxylic acids is 1. The lowest BCUT2D eigenvalue weighted by atomic mass is 10.3. The van der Waals surface area contributed by atoms with Gasteiger partial charge in [-0.05, 0) is 25.1 Å². The number of carboxylic acid groups (broad SMARTS) is 1. The molecule has 2 aromatic rings. The summed E-state index contributed by atoms with van der Waals surface area (Å²) in [6.45, 7) is 1.74. The summed E-state index contributed by atoms with van der Waals surface area (Å²) in [5.74, 6) is -0.678. The average molecular weight is 251 g/mol. The van der Waals surface area contributed by atoms with Crippen LogP contribution in [-0.4, -0.2) is 17.0 Å². The van der Waals surface area contributed by atoms with Gasteiger partial charge in [0.05, 0.1) is 10.6 Å². The van der Waals surface area contributed by atoms with Crippen LogP contribution in [0.15, 0.2) is 28.9 Å². The number of aryl methyl sites for hydroxylation is 1. The predicted octanol–water partition coefficient (Wildman–Crippen LogP) is 2.60. The Hall–Kier alpha value is -2.08. The molecular formula is C11H9NO4S. The second-order valence-electron chi connectivity index (χ2n) is 3.37. The molecule has 6 heteroatoms. The van der Waals surface area contributed by atoms with Crippen LogP contribution in [0.25, 0.3) is 0 Å². The van der Waals surface area contributed by atoms with E-state index >= 15 is 0 Å². The first kappa shape index (κ1) is 11.4. The van der Waals surface area contributed by atoms with Crippen LogP contribution in [0.1, 0.15) is 25.8 Å². The van der Waals surface area contributed by atoms with Gasteiger partial charge in [0.1, 0.15) is 16.9 Å². The minimum absolute atomic E-state index is 0.184. The molecule has 0 unspecified atom stereocenters. The van der Waals surface area contributed by atoms with Crippen LogP contribution in [0.5, 0.6) is 0 Å². The smallest absolute Gasteiger partial charge is 0.345 e. The standard InChI is InChI=1S/C11H9NO4S/c1-6-4-7(5-16-6)10(13)12-9-3-2-8(17-9)11(14)15/h2-5H,1H3,(H,12,13)(H,14,15). The molecular weight excluding hydrogens is 242 g/mol. The summed E-state index contributed by atoms with van der Waals surface area (Å²) in [5, 5.41) is 11.8. The van der Waals surface area contributed by atoms with Gasteiger partial charge in [-0.1, -0.05) is 0 Å². The molecule has 5 nitrogen and oxygen atoms in total. The van der Waals surface area contributed by atoms with Crippen LogP contribution < -0.4 is 5.32 Å². The number of carbonyl (C=O) groups is 2. The van der Waals surface area contributed by atoms with Crippen molar-refractivity contribution in [2.45, 2.75) is 6.92 Å². The van der Waals surface area contributed by atoms with E-state index in [1.165, 1.54) is 12.3 Å². The van der Waals surface area contributed by atoms with E-state index in [1.54, 1.807) is 19.1 Å². The lowest BCUT2D eigenvalue weighted by Gasteiger charge is -1.97. The minimum atomic E-state index is -1.00. The topological polar surface area (TPSA) is 79.5 Å². The van der Waals surface area contributed by atoms with E-state index in [4.69, 9.17) is 9.52 Å². The van der Waals surface area contributed by atoms with Crippen molar-refractivity contribution in [3.63, 3.8) is 0 Å². The van der Waals surface area contributed by atoms with Crippen molar-refractivity contribution < 1.29 is 19.1 Å². The summed E-state index contributed by atoms with van der Waals surface area (Å²) < 4.78 is 5.02. The molecule has 0 saturated heterocycles. The number of anilines is 1. The second-order valence-corrected chi connectivity index (χ2v) is 4.45. The number of hydrogen-bond donors (Lipinski definition) is 2. The van der Waals surface area contributed by atoms with E-state index in [0.29, 0.717) is 16.3 Å². The SMILES string of the molecule is Cc1cc(C(=O)Nc2ccc(C(=O)O)s2)co1. The normalized spacial score (nSPS) is 10.2. The number of carboxylic acids is 1. The third kappa shape index (κ3) is 2.54. The Morgan fingerprint density at radius 1 is 1.41 bits per heavy atom. The monoisotopic (exact) mass is 251 g/mol. The molecule has 2 rings (SSSR count). The maximum absolute atomic E-state index is 11.7. The molecule has 0 spiro atoms. The molecule has 2 heterocycles. The fourth-order valence-electron chi connectivity index (χ4n) is 1.27. The Labute approximate surface area is 101 Å². The third-order valence-electron chi connectivity index (χ3n) is 2.05. The van der Waals surface area contributed by atoms with Crippen LogP contribution in [-0.2, 0) is 0 Å². The van der Waals surface area contributed by atoms with E-state index in [9.17, 15) is 9.59 Å². The van der Waals surface area contributed by atoms with Crippen LogP contribution >= 0.6 is 11.3 Å². The largest absolute Gasteiger partial charge is 0.477 e. The van der Waals surface area contributed by atoms with E-state index < -0.39 is 5.97 Å². The molecule has 17 heavy (non-hydrogen) atoms. The highest BCUT2D eigenvalue weighted by atomic mass is 32.1. The van der Waals surface area contributed by atoms with Crippen molar-refractivity contribution in [2.24, 2.45) is 0 Å². The van der Waals surface area contributed by atoms with Crippen molar-refractivity contribution >= 4 is 28.2 Å². The number of furan rings is 1. The zero-order valence-electron chi connectivity index (χ0n) is 8.89. The van der Waals surface area contributed by atoms with Gasteiger partial charge in [0.2, 0.25) is 0 Å². The van der Waals surface area contributed by atoms with E-state index in [2.05, 4.69) is 5.32 Å². The van der Waals surface area contributed by atoms with Crippen molar-refractivity contribution in [2.75, 3.05) is 5.32 Å². The summed E-state index contributed by atoms with van der Waals surface area (Å²) in [4.78, 5) is 22.5. The van der Waals surface area contributed by atoms with Gasteiger partial charge in [0, 0.05) is 0 Å². The Morgan fingerprint density at radius 2 is 2.18 bits per heavy atom. The van der Waals surface area contributed by atoms with Gasteiger partial charge in [0.15, 0.2) is 0 Å². The first-order valence-corrected chi connectivity index (χ1v) is 5.57. The van der Waals surface area contributed by atoms with E-state index in [-0.39, 0.29) is 10.8 Å². The molecule has 0 atom stereocenters. The Morgan fingerprint density at radius 3 is 2.71 bits per heavy atom. The van der Waals surface area contributed by atoms with Crippen LogP contribution in [0.4, 0.5) is 5.00 Å². The maximum Gasteiger partial charge on any atom is 0.345 e. The molecule has 0 aromatic carbocycles. The number of rotatable bonds is 3. The van der Waals surface area contributed by atoms with Crippen molar-refractivity contribution in [3.05, 3.63) is 40.7 Å². The van der Waals surface area contributed by atoms with E-state index in [1.807, 2.05) is 0 Å². The molecule has 1 amide bonds. The van der Waals surface area contributed by atoms with Crippen molar-refractivity contribution in [1.82, 2.24) is 0 Å². The van der Waals surface area contributed by atoms with Crippen LogP contribution in [0.2, 0.25) is 0 Å². The molecule has 0 aliphatic carbocycles. The Balaban J connectivity index is 2.10. The fourth-order valence-corrected chi connectivity index (χ4v) is 2.01. The molecule has 88 valence electrons. The number of carbonyl (C=O) groups excluding carboxylic acids is 1. The van der Waals surface area contributed by atoms with Gasteiger partial charge >= 0.3 is 5.97 Å². The molecule has 2 N–H and O–H groups in total. The highest BCUT2D eigenvalue weighted by Crippen LogP contribution is 2.22. The summed E-state index contributed by atoms with van der Waals surface area (Å²) in [7, 11) is 0. The molecule has 0 radical (unpaired) electrons. The van der Waals surface area contributed by atoms with Gasteiger partial charge in [-0.25, -0.2) is 4.79 Å². The molecule has 0 saturated carbocycles. The molecule has 0 aliphatic rings. The number of amides is 1. The molecule has 0 bridgehead atoms. The summed E-state index contributed by atoms with van der Waals surface area (Å²) in [5.41, 5.74) is 0.410. The van der Waals surface area contributed by atoms with Gasteiger partial charge in [-0.15, -0.1) is 11.3 Å². The Bertz CT molecular complexity index is 570. The predicted molar refractivity (Wildman–Crippen MR) is 62.7 cm³/mol. The lowest BCUT2D eigenvalue weighted by molar-refractivity contribution is 0.0702. The molecule has 0 aliphatic heterocycles. The number of nitrogens with one attached hydrogen (secondary N) is 1. The zero-order chi connectivity index (χ0) is 12.4. The quantitative estimate of drug-likeness (QED) is 0.878. The molecule has 2 aromatic heterocycles. The first-order valence-electron chi connectivity index (χ1n) is 4.76. The van der Waals surface area contributed by atoms with Gasteiger partial charge in [-0.2, -0.15) is 0 Å². The zero-order valence-corrected chi connectivity index (χ0v) is 9.71. The maximum atomic E-state index is 11.7. The summed E-state index contributed by atoms with van der Waals surface area (Å²) in [6.07, 6.45) is 1.36. The second kappa shape index (κ2) is 4.42. The lowest BCUT2D eigenvalue weighted by Crippen LogP contribution is -2.09. The van der Waals surface area contributed by atoms with Crippen molar-refractivity contribution in [3.8, 4) is 0 Å². The van der Waals surface area contributed by atoms with Crippen LogP contribution in [0, 0.1) is 6.92 Å². The first-order chi connectivity index (χ1) is 8.06. The highest BCUT2D eigenvalue weighted by molar-refractivity contribution is 7.18. The number of thiophene rings is 1. The highest BCUT2D eigenvalue weighted by Gasteiger charge is 2.12. The van der Waals surface area contributed by atoms with Crippen LogP contribution in [0.3, 0.4) is 0 Å². The Kier molecular flexibility index (Phi) is 2.97.